The van der Waals surface area contributed by atoms with Crippen LogP contribution < -0.4 is 11.0 Å². The number of carbonyl (C=O) groups is 1. The number of pyridine rings is 1. The molecule has 0 saturated heterocycles. The Morgan fingerprint density at radius 3 is 2.57 bits per heavy atom. The van der Waals surface area contributed by atoms with E-state index in [0.29, 0.717) is 11.3 Å². The second-order valence-electron chi connectivity index (χ2n) is 7.06. The first-order chi connectivity index (χ1) is 14.0. The van der Waals surface area contributed by atoms with Gasteiger partial charge in [-0.25, -0.2) is 13.9 Å². The van der Waals surface area contributed by atoms with Crippen LogP contribution in [0.25, 0.3) is 11.1 Å². The molecule has 0 radical (unpaired) electrons. The molecular weight excluding hydrogens is 426 g/mol. The minimum atomic E-state index is -3.84. The first-order valence-electron chi connectivity index (χ1n) is 8.99. The Hall–Kier alpha value is -2.61. The van der Waals surface area contributed by atoms with E-state index in [1.807, 2.05) is 25.1 Å². The van der Waals surface area contributed by atoms with Gasteiger partial charge in [-0.3, -0.25) is 14.8 Å². The molecule has 0 bridgehead atoms. The largest absolute Gasteiger partial charge is 0.315 e. The van der Waals surface area contributed by atoms with E-state index in [1.165, 1.54) is 34.8 Å². The lowest BCUT2D eigenvalue weighted by Gasteiger charge is -2.25. The van der Waals surface area contributed by atoms with E-state index >= 15 is 0 Å². The van der Waals surface area contributed by atoms with E-state index in [-0.39, 0.29) is 18.5 Å². The normalized spacial score (nSPS) is 13.3. The Balaban J connectivity index is 2.27. The number of carbonyl (C=O) groups excluding carboxylic acids is 1. The molecule has 1 aromatic heterocycles. The van der Waals surface area contributed by atoms with Crippen LogP contribution in [0.1, 0.15) is 18.9 Å². The average molecular weight is 450 g/mol. The maximum atomic E-state index is 12.6. The smallest absolute Gasteiger partial charge is 0.264 e. The van der Waals surface area contributed by atoms with Crippen LogP contribution in [-0.4, -0.2) is 40.9 Å². The third-order valence-electron chi connectivity index (χ3n) is 5.04. The van der Waals surface area contributed by atoms with E-state index in [9.17, 15) is 18.0 Å². The van der Waals surface area contributed by atoms with Gasteiger partial charge in [0.05, 0.1) is 11.8 Å². The second-order valence-corrected chi connectivity index (χ2v) is 10.6. The molecule has 0 aliphatic rings. The molecule has 0 aliphatic carbocycles. The van der Waals surface area contributed by atoms with Gasteiger partial charge in [-0.1, -0.05) is 6.07 Å². The van der Waals surface area contributed by atoms with Crippen LogP contribution in [0, 0.1) is 18.3 Å². The van der Waals surface area contributed by atoms with Crippen molar-refractivity contribution in [2.75, 3.05) is 12.0 Å². The van der Waals surface area contributed by atoms with E-state index in [0.717, 1.165) is 22.3 Å². The summed E-state index contributed by atoms with van der Waals surface area (Å²) in [5.74, 6) is -0.685. The number of aryl methyl sites for hydroxylation is 2. The van der Waals surface area contributed by atoms with Crippen molar-refractivity contribution in [3.05, 3.63) is 52.4 Å². The van der Waals surface area contributed by atoms with Gasteiger partial charge >= 0.3 is 0 Å². The lowest BCUT2D eigenvalue weighted by Crippen LogP contribution is -2.49. The van der Waals surface area contributed by atoms with Crippen molar-refractivity contribution in [2.45, 2.75) is 36.5 Å². The van der Waals surface area contributed by atoms with Crippen molar-refractivity contribution in [1.29, 1.82) is 5.26 Å². The molecule has 2 N–H and O–H groups in total. The standard InChI is InChI=1S/C20H23N3O5S2/c1-14-12-16(29-11-8-21)4-5-17(14)15-6-9-23(18(24)13-15)10-7-20(2,19(25)22-26)30(3,27)28/h4-6,9,12-13,26H,7,10-11H2,1-3H3,(H,22,25)/t20-/m1/s1. The van der Waals surface area contributed by atoms with Crippen molar-refractivity contribution in [3.8, 4) is 17.2 Å². The number of hydroxylamine groups is 1. The zero-order chi connectivity index (χ0) is 22.5. The highest BCUT2D eigenvalue weighted by Gasteiger charge is 2.43. The molecule has 1 aromatic carbocycles. The highest BCUT2D eigenvalue weighted by molar-refractivity contribution is 7.99. The number of benzene rings is 1. The Labute approximate surface area is 179 Å². The summed E-state index contributed by atoms with van der Waals surface area (Å²) in [6.07, 6.45) is 2.28. The van der Waals surface area contributed by atoms with Crippen LogP contribution >= 0.6 is 11.8 Å². The third kappa shape index (κ3) is 5.11. The number of aromatic nitrogens is 1. The van der Waals surface area contributed by atoms with Gasteiger partial charge in [-0.05, 0) is 55.2 Å². The molecule has 0 fully saturated rings. The predicted octanol–water partition coefficient (Wildman–Crippen LogP) is 2.14. The van der Waals surface area contributed by atoms with Gasteiger partial charge < -0.3 is 4.57 Å². The fraction of sp³-hybridized carbons (Fsp3) is 0.350. The lowest BCUT2D eigenvalue weighted by atomic mass is 10.0. The summed E-state index contributed by atoms with van der Waals surface area (Å²) in [5.41, 5.74) is 3.60. The summed E-state index contributed by atoms with van der Waals surface area (Å²) in [5, 5.41) is 17.6. The van der Waals surface area contributed by atoms with Gasteiger partial charge in [0.15, 0.2) is 14.6 Å². The van der Waals surface area contributed by atoms with Gasteiger partial charge in [0.1, 0.15) is 0 Å². The minimum absolute atomic E-state index is 0.0151. The number of amides is 1. The molecule has 0 saturated carbocycles. The molecule has 2 rings (SSSR count). The maximum absolute atomic E-state index is 12.6. The molecule has 8 nitrogen and oxygen atoms in total. The molecule has 2 aromatic rings. The summed E-state index contributed by atoms with van der Waals surface area (Å²) in [6, 6.07) is 11.0. The number of rotatable bonds is 8. The van der Waals surface area contributed by atoms with E-state index in [2.05, 4.69) is 6.07 Å². The van der Waals surface area contributed by atoms with Crippen molar-refractivity contribution < 1.29 is 18.4 Å². The van der Waals surface area contributed by atoms with Gasteiger partial charge in [0.25, 0.3) is 11.5 Å². The predicted molar refractivity (Wildman–Crippen MR) is 115 cm³/mol. The molecular formula is C20H23N3O5S2. The summed E-state index contributed by atoms with van der Waals surface area (Å²) >= 11 is 1.43. The van der Waals surface area contributed by atoms with E-state index in [4.69, 9.17) is 10.5 Å². The molecule has 30 heavy (non-hydrogen) atoms. The highest BCUT2D eigenvalue weighted by Crippen LogP contribution is 2.27. The lowest BCUT2D eigenvalue weighted by molar-refractivity contribution is -0.131. The van der Waals surface area contributed by atoms with Crippen molar-refractivity contribution in [3.63, 3.8) is 0 Å². The van der Waals surface area contributed by atoms with Crippen LogP contribution in [0.15, 0.2) is 46.2 Å². The SMILES string of the molecule is Cc1cc(SCC#N)ccc1-c1ccn(CC[C@](C)(C(=O)NO)S(C)(=O)=O)c(=O)c1. The molecule has 0 unspecified atom stereocenters. The summed E-state index contributed by atoms with van der Waals surface area (Å²) in [6.45, 7) is 3.11. The number of sulfone groups is 1. The number of nitriles is 1. The van der Waals surface area contributed by atoms with Gasteiger partial charge in [0.2, 0.25) is 0 Å². The van der Waals surface area contributed by atoms with Crippen LogP contribution in [0.4, 0.5) is 0 Å². The van der Waals surface area contributed by atoms with Crippen LogP contribution in [0.3, 0.4) is 0 Å². The van der Waals surface area contributed by atoms with Crippen LogP contribution in [0.5, 0.6) is 0 Å². The van der Waals surface area contributed by atoms with E-state index < -0.39 is 20.5 Å². The zero-order valence-electron chi connectivity index (χ0n) is 16.9. The summed E-state index contributed by atoms with van der Waals surface area (Å²) in [7, 11) is -3.84. The van der Waals surface area contributed by atoms with Crippen LogP contribution in [0.2, 0.25) is 0 Å². The van der Waals surface area contributed by atoms with Gasteiger partial charge in [0, 0.05) is 30.0 Å². The molecule has 1 atom stereocenters. The molecule has 1 amide bonds. The molecule has 160 valence electrons. The average Bonchev–Trinajstić information content (AvgIpc) is 2.69. The monoisotopic (exact) mass is 449 g/mol. The number of thioether (sulfide) groups is 1. The molecule has 10 heteroatoms. The molecule has 1 heterocycles. The zero-order valence-corrected chi connectivity index (χ0v) is 18.5. The Morgan fingerprint density at radius 1 is 1.33 bits per heavy atom. The third-order valence-corrected chi connectivity index (χ3v) is 7.93. The first-order valence-corrected chi connectivity index (χ1v) is 11.9. The first kappa shape index (κ1) is 23.7. The highest BCUT2D eigenvalue weighted by atomic mass is 32.2. The van der Waals surface area contributed by atoms with Crippen molar-refractivity contribution >= 4 is 27.5 Å². The van der Waals surface area contributed by atoms with Crippen LogP contribution in [-0.2, 0) is 21.2 Å². The Morgan fingerprint density at radius 2 is 2.03 bits per heavy atom. The van der Waals surface area contributed by atoms with Crippen molar-refractivity contribution in [1.82, 2.24) is 10.0 Å². The topological polar surface area (TPSA) is 129 Å². The van der Waals surface area contributed by atoms with Gasteiger partial charge in [-0.2, -0.15) is 5.26 Å². The fourth-order valence-electron chi connectivity index (χ4n) is 2.94. The molecule has 0 spiro atoms. The quantitative estimate of drug-likeness (QED) is 0.359. The number of hydrogen-bond donors (Lipinski definition) is 2. The van der Waals surface area contributed by atoms with Gasteiger partial charge in [-0.15, -0.1) is 11.8 Å². The summed E-state index contributed by atoms with van der Waals surface area (Å²) < 4.78 is 23.6. The second kappa shape index (κ2) is 9.47. The van der Waals surface area contributed by atoms with Crippen molar-refractivity contribution in [2.24, 2.45) is 0 Å². The maximum Gasteiger partial charge on any atom is 0.264 e. The number of hydrogen-bond acceptors (Lipinski definition) is 7. The Bertz CT molecular complexity index is 1150. The Kier molecular flexibility index (Phi) is 7.47. The minimum Gasteiger partial charge on any atom is -0.315 e. The number of nitrogens with zero attached hydrogens (tertiary/aromatic N) is 2. The fourth-order valence-corrected chi connectivity index (χ4v) is 4.44. The number of nitrogens with one attached hydrogen (secondary N) is 1. The van der Waals surface area contributed by atoms with E-state index in [1.54, 1.807) is 12.3 Å². The molecule has 0 aliphatic heterocycles. The summed E-state index contributed by atoms with van der Waals surface area (Å²) in [4.78, 5) is 25.4.